The molecule has 1 aromatic carbocycles. The molecule has 3 rings (SSSR count). The average molecular weight is 376 g/mol. The number of aryl methyl sites for hydroxylation is 1. The summed E-state index contributed by atoms with van der Waals surface area (Å²) in [6.07, 6.45) is 0.602. The van der Waals surface area contributed by atoms with Crippen molar-refractivity contribution in [3.63, 3.8) is 0 Å². The van der Waals surface area contributed by atoms with Gasteiger partial charge in [-0.3, -0.25) is 0 Å². The lowest BCUT2D eigenvalue weighted by Gasteiger charge is -2.07. The lowest BCUT2D eigenvalue weighted by molar-refractivity contribution is 0.0434. The molecule has 0 aliphatic rings. The van der Waals surface area contributed by atoms with E-state index in [1.807, 2.05) is 6.92 Å². The highest BCUT2D eigenvalue weighted by atomic mass is 32.1. The van der Waals surface area contributed by atoms with Gasteiger partial charge in [0.1, 0.15) is 0 Å². The molecule has 9 nitrogen and oxygen atoms in total. The summed E-state index contributed by atoms with van der Waals surface area (Å²) in [5, 5.41) is 7.78. The minimum absolute atomic E-state index is 0.139. The van der Waals surface area contributed by atoms with Crippen molar-refractivity contribution >= 4 is 17.5 Å². The molecule has 3 aromatic rings. The lowest BCUT2D eigenvalue weighted by atomic mass is 10.2. The minimum Gasteiger partial charge on any atom is -0.493 e. The fourth-order valence-electron chi connectivity index (χ4n) is 2.19. The van der Waals surface area contributed by atoms with Gasteiger partial charge in [0.05, 0.1) is 19.9 Å². The Morgan fingerprint density at radius 3 is 2.77 bits per heavy atom. The highest BCUT2D eigenvalue weighted by Crippen LogP contribution is 2.31. The van der Waals surface area contributed by atoms with Crippen LogP contribution in [0.25, 0.3) is 11.4 Å². The average Bonchev–Trinajstić information content (AvgIpc) is 3.34. The van der Waals surface area contributed by atoms with Crippen molar-refractivity contribution in [3.8, 4) is 22.9 Å². The SMILES string of the molecule is CCc1nnsc1C(=O)OCc1nc(-c2ccc(OC)c(OC)c2)no1. The zero-order valence-corrected chi connectivity index (χ0v) is 15.2. The third-order valence-electron chi connectivity index (χ3n) is 3.51. The molecular formula is C16H16N4O5S. The first-order valence-corrected chi connectivity index (χ1v) is 8.47. The molecule has 26 heavy (non-hydrogen) atoms. The zero-order valence-electron chi connectivity index (χ0n) is 14.4. The van der Waals surface area contributed by atoms with Gasteiger partial charge in [-0.15, -0.1) is 5.10 Å². The van der Waals surface area contributed by atoms with E-state index >= 15 is 0 Å². The van der Waals surface area contributed by atoms with Gasteiger partial charge in [-0.25, -0.2) is 4.79 Å². The van der Waals surface area contributed by atoms with E-state index in [-0.39, 0.29) is 12.5 Å². The van der Waals surface area contributed by atoms with Crippen molar-refractivity contribution in [1.29, 1.82) is 0 Å². The zero-order chi connectivity index (χ0) is 18.5. The fourth-order valence-corrected chi connectivity index (χ4v) is 2.84. The molecule has 0 spiro atoms. The van der Waals surface area contributed by atoms with E-state index in [9.17, 15) is 4.79 Å². The largest absolute Gasteiger partial charge is 0.493 e. The number of nitrogens with zero attached hydrogens (tertiary/aromatic N) is 4. The van der Waals surface area contributed by atoms with Crippen LogP contribution in [-0.2, 0) is 17.8 Å². The monoisotopic (exact) mass is 376 g/mol. The Morgan fingerprint density at radius 2 is 2.04 bits per heavy atom. The molecule has 2 aromatic heterocycles. The van der Waals surface area contributed by atoms with E-state index in [2.05, 4.69) is 19.7 Å². The smallest absolute Gasteiger partial charge is 0.352 e. The summed E-state index contributed by atoms with van der Waals surface area (Å²) in [5.41, 5.74) is 1.29. The number of methoxy groups -OCH3 is 2. The molecule has 0 unspecified atom stereocenters. The third-order valence-corrected chi connectivity index (χ3v) is 4.26. The fraction of sp³-hybridized carbons (Fsp3) is 0.312. The summed E-state index contributed by atoms with van der Waals surface area (Å²) >= 11 is 0.999. The van der Waals surface area contributed by atoms with Crippen LogP contribution in [-0.4, -0.2) is 39.9 Å². The second-order valence-electron chi connectivity index (χ2n) is 5.06. The van der Waals surface area contributed by atoms with Gasteiger partial charge in [-0.05, 0) is 36.2 Å². The van der Waals surface area contributed by atoms with Crippen molar-refractivity contribution in [2.24, 2.45) is 0 Å². The first-order chi connectivity index (χ1) is 12.7. The van der Waals surface area contributed by atoms with Crippen LogP contribution in [0.5, 0.6) is 11.5 Å². The predicted molar refractivity (Wildman–Crippen MR) is 91.2 cm³/mol. The molecule has 0 fully saturated rings. The standard InChI is InChI=1S/C16H16N4O5S/c1-4-10-14(26-20-18-10)16(21)24-8-13-17-15(19-25-13)9-5-6-11(22-2)12(7-9)23-3/h5-7H,4,8H2,1-3H3. The summed E-state index contributed by atoms with van der Waals surface area (Å²) < 4.78 is 24.5. The maximum Gasteiger partial charge on any atom is 0.352 e. The Bertz CT molecular complexity index is 908. The van der Waals surface area contributed by atoms with Gasteiger partial charge in [0.25, 0.3) is 5.89 Å². The van der Waals surface area contributed by atoms with Gasteiger partial charge >= 0.3 is 5.97 Å². The van der Waals surface area contributed by atoms with Crippen LogP contribution < -0.4 is 9.47 Å². The van der Waals surface area contributed by atoms with Gasteiger partial charge in [0, 0.05) is 5.56 Å². The second kappa shape index (κ2) is 7.91. The van der Waals surface area contributed by atoms with Crippen LogP contribution in [0.4, 0.5) is 0 Å². The van der Waals surface area contributed by atoms with E-state index in [0.717, 1.165) is 11.5 Å². The Labute approximate surface area is 153 Å². The van der Waals surface area contributed by atoms with Crippen LogP contribution >= 0.6 is 11.5 Å². The minimum atomic E-state index is -0.511. The molecule has 2 heterocycles. The second-order valence-corrected chi connectivity index (χ2v) is 5.81. The molecular weight excluding hydrogens is 360 g/mol. The number of carbonyl (C=O) groups is 1. The van der Waals surface area contributed by atoms with Crippen molar-refractivity contribution in [2.75, 3.05) is 14.2 Å². The molecule has 0 bridgehead atoms. The number of rotatable bonds is 7. The van der Waals surface area contributed by atoms with Gasteiger partial charge in [0.15, 0.2) is 23.0 Å². The summed E-state index contributed by atoms with van der Waals surface area (Å²) in [4.78, 5) is 16.7. The van der Waals surface area contributed by atoms with E-state index in [4.69, 9.17) is 18.7 Å². The molecule has 0 aliphatic heterocycles. The Morgan fingerprint density at radius 1 is 1.23 bits per heavy atom. The molecule has 136 valence electrons. The van der Waals surface area contributed by atoms with E-state index in [1.54, 1.807) is 32.4 Å². The lowest BCUT2D eigenvalue weighted by Crippen LogP contribution is -2.06. The maximum absolute atomic E-state index is 12.1. The van der Waals surface area contributed by atoms with Crippen molar-refractivity contribution in [2.45, 2.75) is 20.0 Å². The summed E-state index contributed by atoms with van der Waals surface area (Å²) in [7, 11) is 3.10. The van der Waals surface area contributed by atoms with Gasteiger partial charge in [-0.1, -0.05) is 16.6 Å². The first-order valence-electron chi connectivity index (χ1n) is 7.69. The molecule has 0 amide bonds. The van der Waals surface area contributed by atoms with Crippen LogP contribution in [0, 0.1) is 0 Å². The summed E-state index contributed by atoms with van der Waals surface area (Å²) in [6.45, 7) is 1.75. The number of benzene rings is 1. The Balaban J connectivity index is 1.69. The molecule has 0 N–H and O–H groups in total. The van der Waals surface area contributed by atoms with E-state index < -0.39 is 5.97 Å². The quantitative estimate of drug-likeness (QED) is 0.574. The van der Waals surface area contributed by atoms with Crippen molar-refractivity contribution in [1.82, 2.24) is 19.7 Å². The molecule has 0 saturated carbocycles. The molecule has 0 aliphatic carbocycles. The first kappa shape index (κ1) is 17.8. The molecule has 0 radical (unpaired) electrons. The van der Waals surface area contributed by atoms with Crippen LogP contribution in [0.2, 0.25) is 0 Å². The highest BCUT2D eigenvalue weighted by molar-refractivity contribution is 7.07. The topological polar surface area (TPSA) is 109 Å². The molecule has 0 saturated heterocycles. The normalized spacial score (nSPS) is 10.6. The third kappa shape index (κ3) is 3.64. The number of aromatic nitrogens is 4. The van der Waals surface area contributed by atoms with Crippen LogP contribution in [0.3, 0.4) is 0 Å². The van der Waals surface area contributed by atoms with Gasteiger partial charge in [-0.2, -0.15) is 4.98 Å². The summed E-state index contributed by atoms with van der Waals surface area (Å²) in [6, 6.07) is 5.25. The number of hydrogen-bond acceptors (Lipinski definition) is 10. The number of hydrogen-bond donors (Lipinski definition) is 0. The predicted octanol–water partition coefficient (Wildman–Crippen LogP) is 2.52. The Kier molecular flexibility index (Phi) is 5.42. The van der Waals surface area contributed by atoms with E-state index in [0.29, 0.717) is 39.9 Å². The van der Waals surface area contributed by atoms with Crippen molar-refractivity contribution < 1.29 is 23.5 Å². The number of ether oxygens (including phenoxy) is 3. The summed E-state index contributed by atoms with van der Waals surface area (Å²) in [5.74, 6) is 1.17. The molecule has 10 heteroatoms. The van der Waals surface area contributed by atoms with Crippen LogP contribution in [0.1, 0.15) is 28.2 Å². The van der Waals surface area contributed by atoms with Gasteiger partial charge < -0.3 is 18.7 Å². The van der Waals surface area contributed by atoms with Crippen molar-refractivity contribution in [3.05, 3.63) is 34.7 Å². The maximum atomic E-state index is 12.1. The van der Waals surface area contributed by atoms with Crippen LogP contribution in [0.15, 0.2) is 22.7 Å². The molecule has 0 atom stereocenters. The number of esters is 1. The highest BCUT2D eigenvalue weighted by Gasteiger charge is 2.18. The van der Waals surface area contributed by atoms with Gasteiger partial charge in [0.2, 0.25) is 5.82 Å². The van der Waals surface area contributed by atoms with E-state index in [1.165, 1.54) is 0 Å². The number of carbonyl (C=O) groups excluding carboxylic acids is 1. The Hall–Kier alpha value is -3.01.